The number of hydrogen-bond donors (Lipinski definition) is 2. The zero-order valence-electron chi connectivity index (χ0n) is 18.7. The number of amides is 3. The molecule has 34 heavy (non-hydrogen) atoms. The Hall–Kier alpha value is -3.17. The molecule has 2 N–H and O–H groups in total. The summed E-state index contributed by atoms with van der Waals surface area (Å²) in [5, 5.41) is 6.08. The molecular formula is C24H27ClFN5O3. The van der Waals surface area contributed by atoms with E-state index in [2.05, 4.69) is 20.4 Å². The van der Waals surface area contributed by atoms with Crippen molar-refractivity contribution in [3.63, 3.8) is 0 Å². The van der Waals surface area contributed by atoms with Gasteiger partial charge in [0.05, 0.1) is 13.0 Å². The summed E-state index contributed by atoms with van der Waals surface area (Å²) in [6.07, 6.45) is -0.167. The van der Waals surface area contributed by atoms with Gasteiger partial charge in [-0.3, -0.25) is 19.3 Å². The number of nitrogens with zero attached hydrogens (tertiary/aromatic N) is 3. The summed E-state index contributed by atoms with van der Waals surface area (Å²) in [6, 6.07) is 12.2. The molecule has 0 spiro atoms. The molecule has 0 aromatic heterocycles. The average Bonchev–Trinajstić information content (AvgIpc) is 2.83. The first-order chi connectivity index (χ1) is 16.4. The van der Waals surface area contributed by atoms with Gasteiger partial charge >= 0.3 is 0 Å². The van der Waals surface area contributed by atoms with Crippen LogP contribution in [0, 0.1) is 5.82 Å². The second kappa shape index (κ2) is 10.8. The molecule has 4 rings (SSSR count). The van der Waals surface area contributed by atoms with Crippen LogP contribution in [0.4, 0.5) is 15.8 Å². The lowest BCUT2D eigenvalue weighted by Gasteiger charge is -2.39. The third-order valence-corrected chi connectivity index (χ3v) is 6.33. The molecule has 0 bridgehead atoms. The van der Waals surface area contributed by atoms with Crippen LogP contribution in [0.15, 0.2) is 48.5 Å². The molecule has 8 nitrogen and oxygen atoms in total. The van der Waals surface area contributed by atoms with Crippen LogP contribution >= 0.6 is 11.6 Å². The van der Waals surface area contributed by atoms with E-state index < -0.39 is 17.8 Å². The maximum Gasteiger partial charge on any atom is 0.243 e. The minimum atomic E-state index is -0.878. The van der Waals surface area contributed by atoms with E-state index in [1.54, 1.807) is 0 Å². The summed E-state index contributed by atoms with van der Waals surface area (Å²) in [7, 11) is 0. The Labute approximate surface area is 202 Å². The molecule has 0 aliphatic carbocycles. The molecular weight excluding hydrogens is 461 g/mol. The van der Waals surface area contributed by atoms with Gasteiger partial charge in [-0.1, -0.05) is 11.6 Å². The standard InChI is InChI=1S/C24H27ClFN5O3/c25-17-1-7-20(8-2-17)30-13-11-29(12-14-30)16-23(33)31-10-9-27-24(34)21(31)15-22(32)28-19-5-3-18(26)4-6-19/h1-8,21H,9-16H2,(H,27,34)(H,28,32)/t21-/m1/s1. The predicted octanol–water partition coefficient (Wildman–Crippen LogP) is 1.96. The van der Waals surface area contributed by atoms with E-state index in [0.717, 1.165) is 18.8 Å². The van der Waals surface area contributed by atoms with Gasteiger partial charge in [-0.25, -0.2) is 4.39 Å². The minimum Gasteiger partial charge on any atom is -0.369 e. The predicted molar refractivity (Wildman–Crippen MR) is 128 cm³/mol. The Bertz CT molecular complexity index is 1030. The van der Waals surface area contributed by atoms with Crippen molar-refractivity contribution in [2.45, 2.75) is 12.5 Å². The van der Waals surface area contributed by atoms with Gasteiger partial charge in [-0.15, -0.1) is 0 Å². The highest BCUT2D eigenvalue weighted by Gasteiger charge is 2.35. The van der Waals surface area contributed by atoms with Crippen LogP contribution in [0.2, 0.25) is 5.02 Å². The lowest BCUT2D eigenvalue weighted by molar-refractivity contribution is -0.145. The van der Waals surface area contributed by atoms with Crippen molar-refractivity contribution >= 4 is 40.7 Å². The Morgan fingerprint density at radius 3 is 2.35 bits per heavy atom. The number of rotatable bonds is 6. The van der Waals surface area contributed by atoms with E-state index in [4.69, 9.17) is 11.6 Å². The number of nitrogens with one attached hydrogen (secondary N) is 2. The molecule has 180 valence electrons. The fourth-order valence-electron chi connectivity index (χ4n) is 4.24. The molecule has 10 heteroatoms. The first-order valence-corrected chi connectivity index (χ1v) is 11.6. The smallest absolute Gasteiger partial charge is 0.243 e. The number of piperazine rings is 2. The molecule has 2 aromatic carbocycles. The lowest BCUT2D eigenvalue weighted by atomic mass is 10.1. The van der Waals surface area contributed by atoms with Crippen molar-refractivity contribution in [3.05, 3.63) is 59.4 Å². The molecule has 2 aliphatic rings. The molecule has 2 saturated heterocycles. The van der Waals surface area contributed by atoms with Crippen LogP contribution in [-0.2, 0) is 14.4 Å². The Morgan fingerprint density at radius 1 is 1.00 bits per heavy atom. The molecule has 2 aromatic rings. The van der Waals surface area contributed by atoms with Gasteiger partial charge in [-0.05, 0) is 48.5 Å². The molecule has 0 saturated carbocycles. The van der Waals surface area contributed by atoms with Crippen molar-refractivity contribution in [1.29, 1.82) is 0 Å². The highest BCUT2D eigenvalue weighted by atomic mass is 35.5. The molecule has 2 aliphatic heterocycles. The molecule has 1 atom stereocenters. The van der Waals surface area contributed by atoms with Crippen molar-refractivity contribution in [3.8, 4) is 0 Å². The number of halogens is 2. The van der Waals surface area contributed by atoms with Crippen molar-refractivity contribution in [2.75, 3.05) is 56.0 Å². The summed E-state index contributed by atoms with van der Waals surface area (Å²) in [5.41, 5.74) is 1.52. The van der Waals surface area contributed by atoms with E-state index in [9.17, 15) is 18.8 Å². The Balaban J connectivity index is 1.31. The topological polar surface area (TPSA) is 85.0 Å². The molecule has 3 amide bonds. The highest BCUT2D eigenvalue weighted by molar-refractivity contribution is 6.30. The molecule has 2 heterocycles. The number of anilines is 2. The van der Waals surface area contributed by atoms with Crippen molar-refractivity contribution in [2.24, 2.45) is 0 Å². The van der Waals surface area contributed by atoms with Gasteiger partial charge < -0.3 is 20.4 Å². The fraction of sp³-hybridized carbons (Fsp3) is 0.375. The summed E-state index contributed by atoms with van der Waals surface area (Å²) >= 11 is 5.97. The first-order valence-electron chi connectivity index (χ1n) is 11.2. The second-order valence-corrected chi connectivity index (χ2v) is 8.83. The normalized spacial score (nSPS) is 19.0. The van der Waals surface area contributed by atoms with Crippen molar-refractivity contribution in [1.82, 2.24) is 15.1 Å². The van der Waals surface area contributed by atoms with Gasteiger partial charge in [0.2, 0.25) is 17.7 Å². The summed E-state index contributed by atoms with van der Waals surface area (Å²) in [4.78, 5) is 43.9. The number of hydrogen-bond acceptors (Lipinski definition) is 5. The van der Waals surface area contributed by atoms with E-state index in [-0.39, 0.29) is 24.8 Å². The van der Waals surface area contributed by atoms with Gasteiger partial charge in [0, 0.05) is 55.7 Å². The number of carbonyl (C=O) groups is 3. The maximum absolute atomic E-state index is 13.1. The Kier molecular flexibility index (Phi) is 7.64. The van der Waals surface area contributed by atoms with Crippen LogP contribution in [-0.4, -0.2) is 79.4 Å². The highest BCUT2D eigenvalue weighted by Crippen LogP contribution is 2.20. The minimum absolute atomic E-state index is 0.167. The number of benzene rings is 2. The van der Waals surface area contributed by atoms with Crippen LogP contribution in [0.5, 0.6) is 0 Å². The SMILES string of the molecule is O=C(C[C@@H]1C(=O)NCCN1C(=O)CN1CCN(c2ccc(Cl)cc2)CC1)Nc1ccc(F)cc1. The third-order valence-electron chi connectivity index (χ3n) is 6.08. The Morgan fingerprint density at radius 2 is 1.68 bits per heavy atom. The third kappa shape index (κ3) is 6.03. The zero-order valence-corrected chi connectivity index (χ0v) is 19.4. The quantitative estimate of drug-likeness (QED) is 0.650. The number of carbonyl (C=O) groups excluding carboxylic acids is 3. The van der Waals surface area contributed by atoms with E-state index >= 15 is 0 Å². The van der Waals surface area contributed by atoms with E-state index in [0.29, 0.717) is 36.9 Å². The molecule has 0 radical (unpaired) electrons. The summed E-state index contributed by atoms with van der Waals surface area (Å²) < 4.78 is 13.1. The fourth-order valence-corrected chi connectivity index (χ4v) is 4.36. The van der Waals surface area contributed by atoms with Crippen LogP contribution in [0.1, 0.15) is 6.42 Å². The van der Waals surface area contributed by atoms with Gasteiger partial charge in [0.1, 0.15) is 11.9 Å². The monoisotopic (exact) mass is 487 g/mol. The lowest BCUT2D eigenvalue weighted by Crippen LogP contribution is -2.60. The molecule has 2 fully saturated rings. The van der Waals surface area contributed by atoms with Crippen LogP contribution in [0.25, 0.3) is 0 Å². The average molecular weight is 488 g/mol. The van der Waals surface area contributed by atoms with Crippen LogP contribution < -0.4 is 15.5 Å². The second-order valence-electron chi connectivity index (χ2n) is 8.39. The first kappa shape index (κ1) is 24.0. The van der Waals surface area contributed by atoms with Gasteiger partial charge in [-0.2, -0.15) is 0 Å². The maximum atomic E-state index is 13.1. The largest absolute Gasteiger partial charge is 0.369 e. The van der Waals surface area contributed by atoms with Crippen molar-refractivity contribution < 1.29 is 18.8 Å². The molecule has 0 unspecified atom stereocenters. The van der Waals surface area contributed by atoms with Gasteiger partial charge in [0.25, 0.3) is 0 Å². The summed E-state index contributed by atoms with van der Waals surface area (Å²) in [5.74, 6) is -1.34. The zero-order chi connectivity index (χ0) is 24.1. The van der Waals surface area contributed by atoms with E-state index in [1.807, 2.05) is 24.3 Å². The van der Waals surface area contributed by atoms with Gasteiger partial charge in [0.15, 0.2) is 0 Å². The van der Waals surface area contributed by atoms with Crippen LogP contribution in [0.3, 0.4) is 0 Å². The van der Waals surface area contributed by atoms with E-state index in [1.165, 1.54) is 29.2 Å². The summed E-state index contributed by atoms with van der Waals surface area (Å²) in [6.45, 7) is 3.87.